The van der Waals surface area contributed by atoms with Crippen LogP contribution in [0.4, 0.5) is 0 Å². The van der Waals surface area contributed by atoms with Crippen LogP contribution in [0.3, 0.4) is 0 Å². The summed E-state index contributed by atoms with van der Waals surface area (Å²) in [7, 11) is 1.43. The van der Waals surface area contributed by atoms with Crippen molar-refractivity contribution < 1.29 is 19.7 Å². The minimum Gasteiger partial charge on any atom is -0.495 e. The van der Waals surface area contributed by atoms with Crippen molar-refractivity contribution in [1.82, 2.24) is 0 Å². The molecule has 0 aliphatic rings. The second-order valence-electron chi connectivity index (χ2n) is 3.05. The molecule has 0 amide bonds. The number of aryl methyl sites for hydroxylation is 1. The molecule has 0 bridgehead atoms. The van der Waals surface area contributed by atoms with Crippen LogP contribution in [0.5, 0.6) is 5.75 Å². The van der Waals surface area contributed by atoms with Crippen molar-refractivity contribution in [1.29, 1.82) is 0 Å². The van der Waals surface area contributed by atoms with Gasteiger partial charge in [0.1, 0.15) is 5.75 Å². The molecule has 82 valence electrons. The van der Waals surface area contributed by atoms with Gasteiger partial charge in [0, 0.05) is 5.56 Å². The summed E-state index contributed by atoms with van der Waals surface area (Å²) >= 11 is 3.23. The second-order valence-corrected chi connectivity index (χ2v) is 3.91. The van der Waals surface area contributed by atoms with E-state index in [9.17, 15) is 9.90 Å². The Morgan fingerprint density at radius 1 is 1.53 bits per heavy atom. The van der Waals surface area contributed by atoms with Crippen LogP contribution in [0.15, 0.2) is 16.6 Å². The number of methoxy groups -OCH3 is 1. The summed E-state index contributed by atoms with van der Waals surface area (Å²) in [5.41, 5.74) is 0.948. The zero-order valence-electron chi connectivity index (χ0n) is 8.32. The van der Waals surface area contributed by atoms with E-state index in [1.165, 1.54) is 7.11 Å². The summed E-state index contributed by atoms with van der Waals surface area (Å²) in [4.78, 5) is 10.7. The fourth-order valence-corrected chi connectivity index (χ4v) is 1.85. The third kappa shape index (κ3) is 2.30. The molecule has 1 rings (SSSR count). The molecule has 0 aliphatic heterocycles. The fraction of sp³-hybridized carbons (Fsp3) is 0.300. The number of hydrogen-bond donors (Lipinski definition) is 2. The van der Waals surface area contributed by atoms with Crippen LogP contribution in [0, 0.1) is 6.92 Å². The molecule has 4 nitrogen and oxygen atoms in total. The molecule has 1 aromatic rings. The van der Waals surface area contributed by atoms with E-state index in [1.807, 2.05) is 0 Å². The van der Waals surface area contributed by atoms with Crippen molar-refractivity contribution in [2.24, 2.45) is 0 Å². The van der Waals surface area contributed by atoms with Gasteiger partial charge in [0.15, 0.2) is 6.10 Å². The van der Waals surface area contributed by atoms with Crippen LogP contribution in [0.1, 0.15) is 17.2 Å². The molecular formula is C10H11BrO4. The number of halogens is 1. The highest BCUT2D eigenvalue weighted by molar-refractivity contribution is 9.10. The van der Waals surface area contributed by atoms with E-state index in [2.05, 4.69) is 15.9 Å². The Morgan fingerprint density at radius 2 is 2.13 bits per heavy atom. The van der Waals surface area contributed by atoms with Crippen molar-refractivity contribution in [2.75, 3.05) is 7.11 Å². The number of aliphatic hydroxyl groups is 1. The highest BCUT2D eigenvalue weighted by atomic mass is 79.9. The van der Waals surface area contributed by atoms with E-state index in [0.29, 0.717) is 15.8 Å². The number of benzene rings is 1. The van der Waals surface area contributed by atoms with Crippen LogP contribution >= 0.6 is 15.9 Å². The Bertz CT molecular complexity index is 389. The summed E-state index contributed by atoms with van der Waals surface area (Å²) in [6.45, 7) is 1.72. The minimum atomic E-state index is -1.57. The first-order chi connectivity index (χ1) is 6.99. The van der Waals surface area contributed by atoms with Crippen LogP contribution < -0.4 is 4.74 Å². The van der Waals surface area contributed by atoms with Crippen LogP contribution in [-0.4, -0.2) is 23.3 Å². The zero-order chi connectivity index (χ0) is 11.6. The van der Waals surface area contributed by atoms with Crippen molar-refractivity contribution in [3.05, 3.63) is 27.7 Å². The lowest BCUT2D eigenvalue weighted by atomic mass is 10.0. The number of rotatable bonds is 3. The van der Waals surface area contributed by atoms with Crippen molar-refractivity contribution in [2.45, 2.75) is 13.0 Å². The Kier molecular flexibility index (Phi) is 3.71. The Morgan fingerprint density at radius 3 is 2.60 bits per heavy atom. The summed E-state index contributed by atoms with van der Waals surface area (Å²) in [6, 6.07) is 3.46. The molecule has 0 fully saturated rings. The van der Waals surface area contributed by atoms with E-state index in [1.54, 1.807) is 19.1 Å². The predicted molar refractivity (Wildman–Crippen MR) is 58.0 cm³/mol. The molecule has 2 N–H and O–H groups in total. The zero-order valence-corrected chi connectivity index (χ0v) is 9.91. The lowest BCUT2D eigenvalue weighted by Gasteiger charge is -2.15. The number of carbonyl (C=O) groups is 1. The van der Waals surface area contributed by atoms with Gasteiger partial charge in [-0.3, -0.25) is 0 Å². The van der Waals surface area contributed by atoms with Gasteiger partial charge in [0.2, 0.25) is 0 Å². The van der Waals surface area contributed by atoms with Crippen LogP contribution in [0.2, 0.25) is 0 Å². The van der Waals surface area contributed by atoms with Crippen molar-refractivity contribution >= 4 is 21.9 Å². The maximum Gasteiger partial charge on any atom is 0.337 e. The molecule has 0 saturated carbocycles. The lowest BCUT2D eigenvalue weighted by molar-refractivity contribution is -0.147. The molecule has 1 aromatic carbocycles. The Labute approximate surface area is 95.6 Å². The Balaban J connectivity index is 3.37. The van der Waals surface area contributed by atoms with Gasteiger partial charge in [-0.15, -0.1) is 0 Å². The normalized spacial score (nSPS) is 12.3. The molecule has 0 aliphatic carbocycles. The highest BCUT2D eigenvalue weighted by Gasteiger charge is 2.23. The molecular weight excluding hydrogens is 264 g/mol. The van der Waals surface area contributed by atoms with Crippen molar-refractivity contribution in [3.63, 3.8) is 0 Å². The van der Waals surface area contributed by atoms with Gasteiger partial charge in [-0.25, -0.2) is 4.79 Å². The van der Waals surface area contributed by atoms with Gasteiger partial charge in [-0.05, 0) is 34.5 Å². The van der Waals surface area contributed by atoms with E-state index in [-0.39, 0.29) is 5.56 Å². The number of aliphatic hydroxyl groups excluding tert-OH is 1. The smallest absolute Gasteiger partial charge is 0.337 e. The highest BCUT2D eigenvalue weighted by Crippen LogP contribution is 2.35. The lowest BCUT2D eigenvalue weighted by Crippen LogP contribution is -2.13. The number of carboxylic acids is 1. The summed E-state index contributed by atoms with van der Waals surface area (Å²) < 4.78 is 5.67. The fourth-order valence-electron chi connectivity index (χ4n) is 1.34. The minimum absolute atomic E-state index is 0.277. The predicted octanol–water partition coefficient (Wildman–Crippen LogP) is 1.88. The van der Waals surface area contributed by atoms with E-state index >= 15 is 0 Å². The molecule has 0 radical (unpaired) electrons. The average molecular weight is 275 g/mol. The van der Waals surface area contributed by atoms with Gasteiger partial charge in [0.05, 0.1) is 11.6 Å². The van der Waals surface area contributed by atoms with E-state index < -0.39 is 12.1 Å². The maximum absolute atomic E-state index is 10.7. The van der Waals surface area contributed by atoms with E-state index in [0.717, 1.165) is 0 Å². The van der Waals surface area contributed by atoms with Crippen molar-refractivity contribution in [3.8, 4) is 5.75 Å². The molecule has 0 spiro atoms. The summed E-state index contributed by atoms with van der Waals surface area (Å²) in [5.74, 6) is -0.945. The molecule has 5 heteroatoms. The van der Waals surface area contributed by atoms with Gasteiger partial charge >= 0.3 is 5.97 Å². The first kappa shape index (κ1) is 12.0. The number of carboxylic acid groups (broad SMARTS) is 1. The number of hydrogen-bond acceptors (Lipinski definition) is 3. The number of aliphatic carboxylic acids is 1. The monoisotopic (exact) mass is 274 g/mol. The topological polar surface area (TPSA) is 66.8 Å². The van der Waals surface area contributed by atoms with E-state index in [4.69, 9.17) is 9.84 Å². The number of ether oxygens (including phenoxy) is 1. The molecule has 0 aromatic heterocycles. The molecule has 1 unspecified atom stereocenters. The van der Waals surface area contributed by atoms with Gasteiger partial charge in [-0.1, -0.05) is 6.07 Å². The standard InChI is InChI=1S/C10H11BrO4/c1-5-3-4-6(11)9(15-2)7(5)8(12)10(13)14/h3-4,8,12H,1-2H3,(H,13,14). The summed E-state index contributed by atoms with van der Waals surface area (Å²) in [6.07, 6.45) is -1.57. The molecule has 15 heavy (non-hydrogen) atoms. The molecule has 1 atom stereocenters. The largest absolute Gasteiger partial charge is 0.495 e. The van der Waals surface area contributed by atoms with Gasteiger partial charge in [-0.2, -0.15) is 0 Å². The SMILES string of the molecule is COc1c(Br)ccc(C)c1C(O)C(=O)O. The quantitative estimate of drug-likeness (QED) is 0.883. The molecule has 0 saturated heterocycles. The first-order valence-corrected chi connectivity index (χ1v) is 5.02. The van der Waals surface area contributed by atoms with Crippen LogP contribution in [0.25, 0.3) is 0 Å². The van der Waals surface area contributed by atoms with Crippen LogP contribution in [-0.2, 0) is 4.79 Å². The maximum atomic E-state index is 10.7. The average Bonchev–Trinajstić information content (AvgIpc) is 2.19. The Hall–Kier alpha value is -1.07. The van der Waals surface area contributed by atoms with Gasteiger partial charge < -0.3 is 14.9 Å². The molecule has 0 heterocycles. The third-order valence-corrected chi connectivity index (χ3v) is 2.70. The summed E-state index contributed by atoms with van der Waals surface area (Å²) in [5, 5.41) is 18.3. The third-order valence-electron chi connectivity index (χ3n) is 2.08. The van der Waals surface area contributed by atoms with Gasteiger partial charge in [0.25, 0.3) is 0 Å². The first-order valence-electron chi connectivity index (χ1n) is 4.23. The second kappa shape index (κ2) is 4.63.